The number of rotatable bonds is 6. The second-order valence-electron chi connectivity index (χ2n) is 7.84. The lowest BCUT2D eigenvalue weighted by molar-refractivity contribution is -0.139. The van der Waals surface area contributed by atoms with E-state index in [1.807, 2.05) is 43.3 Å². The molecular weight excluding hydrogens is 530 g/mol. The van der Waals surface area contributed by atoms with Crippen molar-refractivity contribution in [2.45, 2.75) is 26.8 Å². The molecule has 0 saturated heterocycles. The summed E-state index contributed by atoms with van der Waals surface area (Å²) in [5.41, 5.74) is 3.09. The van der Waals surface area contributed by atoms with Gasteiger partial charge in [-0.15, -0.1) is 0 Å². The molecular formula is C26H22BrN3O4S. The Labute approximate surface area is 214 Å². The van der Waals surface area contributed by atoms with Crippen LogP contribution < -0.4 is 19.6 Å². The molecule has 1 atom stereocenters. The molecule has 0 amide bonds. The van der Waals surface area contributed by atoms with Crippen molar-refractivity contribution < 1.29 is 14.3 Å². The van der Waals surface area contributed by atoms with Crippen LogP contribution in [0.25, 0.3) is 6.08 Å². The number of carbonyl (C=O) groups excluding carboxylic acids is 1. The maximum atomic E-state index is 13.7. The van der Waals surface area contributed by atoms with Crippen LogP contribution in [0.3, 0.4) is 0 Å². The maximum Gasteiger partial charge on any atom is 0.338 e. The van der Waals surface area contributed by atoms with Crippen LogP contribution in [-0.2, 0) is 9.53 Å². The van der Waals surface area contributed by atoms with Gasteiger partial charge in [-0.3, -0.25) is 9.36 Å². The fourth-order valence-corrected chi connectivity index (χ4v) is 5.29. The van der Waals surface area contributed by atoms with Crippen molar-refractivity contribution in [3.05, 3.63) is 94.6 Å². The van der Waals surface area contributed by atoms with Crippen molar-refractivity contribution in [3.63, 3.8) is 0 Å². The molecule has 0 radical (unpaired) electrons. The quantitative estimate of drug-likeness (QED) is 0.434. The summed E-state index contributed by atoms with van der Waals surface area (Å²) in [6.07, 6.45) is 1.72. The number of fused-ring (bicyclic) bond motifs is 1. The monoisotopic (exact) mass is 551 g/mol. The van der Waals surface area contributed by atoms with Gasteiger partial charge in [-0.2, -0.15) is 5.26 Å². The Balaban J connectivity index is 1.94. The van der Waals surface area contributed by atoms with Crippen LogP contribution in [0.15, 0.2) is 68.0 Å². The van der Waals surface area contributed by atoms with E-state index in [0.717, 1.165) is 15.6 Å². The number of allylic oxidation sites excluding steroid dienone is 1. The minimum absolute atomic E-state index is 0.112. The summed E-state index contributed by atoms with van der Waals surface area (Å²) < 4.78 is 13.6. The minimum Gasteiger partial charge on any atom is -0.478 e. The van der Waals surface area contributed by atoms with Crippen LogP contribution in [0, 0.1) is 18.3 Å². The summed E-state index contributed by atoms with van der Waals surface area (Å²) in [6.45, 7) is 5.58. The number of nitriles is 1. The molecule has 2 heterocycles. The second-order valence-corrected chi connectivity index (χ2v) is 9.77. The summed E-state index contributed by atoms with van der Waals surface area (Å²) in [7, 11) is 0. The van der Waals surface area contributed by atoms with E-state index in [1.165, 1.54) is 11.3 Å². The van der Waals surface area contributed by atoms with Crippen LogP contribution in [0.1, 0.15) is 36.6 Å². The van der Waals surface area contributed by atoms with Gasteiger partial charge in [0.2, 0.25) is 0 Å². The van der Waals surface area contributed by atoms with Crippen LogP contribution in [0.4, 0.5) is 0 Å². The molecule has 3 aromatic rings. The number of carbonyl (C=O) groups is 1. The third-order valence-electron chi connectivity index (χ3n) is 5.46. The SMILES string of the molecule is CCOC(=O)C1=C(C)N=c2s/c(=C/c3cc(Br)ccc3OCC#N)c(=O)n2[C@@H]1c1ccc(C)cc1. The number of ether oxygens (including phenoxy) is 2. The fraction of sp³-hybridized carbons (Fsp3) is 0.231. The molecule has 0 spiro atoms. The minimum atomic E-state index is -0.662. The van der Waals surface area contributed by atoms with Crippen molar-refractivity contribution in [2.24, 2.45) is 4.99 Å². The molecule has 0 fully saturated rings. The Kier molecular flexibility index (Phi) is 7.34. The topological polar surface area (TPSA) is 93.7 Å². The molecule has 1 aliphatic rings. The standard InChI is InChI=1S/C26H22BrN3O4S/c1-4-33-25(32)22-16(3)29-26-30(23(22)17-7-5-15(2)6-8-17)24(31)21(35-26)14-18-13-19(27)9-10-20(18)34-12-11-28/h5-10,13-14,23H,4,12H2,1-3H3/b21-14+/t23-/m1/s1. The number of nitrogens with zero attached hydrogens (tertiary/aromatic N) is 3. The largest absolute Gasteiger partial charge is 0.478 e. The van der Waals surface area contributed by atoms with Gasteiger partial charge in [0.05, 0.1) is 28.5 Å². The zero-order valence-corrected chi connectivity index (χ0v) is 21.8. The van der Waals surface area contributed by atoms with Gasteiger partial charge < -0.3 is 9.47 Å². The van der Waals surface area contributed by atoms with Gasteiger partial charge in [0.25, 0.3) is 5.56 Å². The molecule has 7 nitrogen and oxygen atoms in total. The highest BCUT2D eigenvalue weighted by Gasteiger charge is 2.33. The molecule has 0 unspecified atom stereocenters. The molecule has 0 aliphatic carbocycles. The predicted octanol–water partition coefficient (Wildman–Crippen LogP) is 3.77. The number of hydrogen-bond donors (Lipinski definition) is 0. The number of hydrogen-bond acceptors (Lipinski definition) is 7. The lowest BCUT2D eigenvalue weighted by Crippen LogP contribution is -2.39. The van der Waals surface area contributed by atoms with Gasteiger partial charge in [0.15, 0.2) is 11.4 Å². The second kappa shape index (κ2) is 10.4. The van der Waals surface area contributed by atoms with Crippen LogP contribution in [-0.4, -0.2) is 23.8 Å². The number of halogens is 1. The first-order valence-corrected chi connectivity index (χ1v) is 12.5. The van der Waals surface area contributed by atoms with Gasteiger partial charge in [0.1, 0.15) is 11.8 Å². The van der Waals surface area contributed by atoms with Crippen molar-refractivity contribution in [1.29, 1.82) is 5.26 Å². The number of thiazole rings is 1. The van der Waals surface area contributed by atoms with Gasteiger partial charge in [-0.1, -0.05) is 57.1 Å². The molecule has 0 saturated carbocycles. The fourth-order valence-electron chi connectivity index (χ4n) is 3.87. The van der Waals surface area contributed by atoms with E-state index in [0.29, 0.717) is 31.9 Å². The predicted molar refractivity (Wildman–Crippen MR) is 137 cm³/mol. The van der Waals surface area contributed by atoms with E-state index >= 15 is 0 Å². The van der Waals surface area contributed by atoms with Crippen LogP contribution in [0.2, 0.25) is 0 Å². The highest BCUT2D eigenvalue weighted by atomic mass is 79.9. The number of aromatic nitrogens is 1. The normalized spacial score (nSPS) is 15.3. The summed E-state index contributed by atoms with van der Waals surface area (Å²) >= 11 is 4.68. The summed E-state index contributed by atoms with van der Waals surface area (Å²) in [6, 6.07) is 14.4. The first-order valence-electron chi connectivity index (χ1n) is 10.9. The average Bonchev–Trinajstić information content (AvgIpc) is 3.12. The number of esters is 1. The van der Waals surface area contributed by atoms with E-state index in [9.17, 15) is 9.59 Å². The Bertz CT molecular complexity index is 1550. The third-order valence-corrected chi connectivity index (χ3v) is 6.94. The lowest BCUT2D eigenvalue weighted by atomic mass is 9.95. The van der Waals surface area contributed by atoms with E-state index in [2.05, 4.69) is 20.9 Å². The maximum absolute atomic E-state index is 13.7. The van der Waals surface area contributed by atoms with Crippen LogP contribution in [0.5, 0.6) is 5.75 Å². The molecule has 178 valence electrons. The molecule has 1 aliphatic heterocycles. The summed E-state index contributed by atoms with van der Waals surface area (Å²) in [5.74, 6) is -0.00755. The molecule has 0 N–H and O–H groups in total. The molecule has 2 aromatic carbocycles. The third kappa shape index (κ3) is 4.99. The van der Waals surface area contributed by atoms with Gasteiger partial charge in [-0.25, -0.2) is 9.79 Å². The van der Waals surface area contributed by atoms with Crippen molar-refractivity contribution >= 4 is 39.3 Å². The van der Waals surface area contributed by atoms with E-state index in [4.69, 9.17) is 14.7 Å². The number of aryl methyl sites for hydroxylation is 1. The Morgan fingerprint density at radius 3 is 2.69 bits per heavy atom. The van der Waals surface area contributed by atoms with Crippen molar-refractivity contribution in [3.8, 4) is 11.8 Å². The van der Waals surface area contributed by atoms with E-state index in [1.54, 1.807) is 36.6 Å². The molecule has 1 aromatic heterocycles. The highest BCUT2D eigenvalue weighted by molar-refractivity contribution is 9.10. The Morgan fingerprint density at radius 1 is 1.26 bits per heavy atom. The first kappa shape index (κ1) is 24.6. The summed E-state index contributed by atoms with van der Waals surface area (Å²) in [5, 5.41) is 8.90. The lowest BCUT2D eigenvalue weighted by Gasteiger charge is -2.24. The van der Waals surface area contributed by atoms with E-state index in [-0.39, 0.29) is 18.8 Å². The smallest absolute Gasteiger partial charge is 0.338 e. The average molecular weight is 552 g/mol. The van der Waals surface area contributed by atoms with Crippen molar-refractivity contribution in [1.82, 2.24) is 4.57 Å². The van der Waals surface area contributed by atoms with Gasteiger partial charge >= 0.3 is 5.97 Å². The molecule has 9 heteroatoms. The van der Waals surface area contributed by atoms with E-state index < -0.39 is 12.0 Å². The molecule has 0 bridgehead atoms. The Morgan fingerprint density at radius 2 is 2.00 bits per heavy atom. The highest BCUT2D eigenvalue weighted by Crippen LogP contribution is 2.31. The van der Waals surface area contributed by atoms with Gasteiger partial charge in [-0.05, 0) is 50.6 Å². The summed E-state index contributed by atoms with van der Waals surface area (Å²) in [4.78, 5) is 31.8. The molecule has 4 rings (SSSR count). The van der Waals surface area contributed by atoms with Crippen LogP contribution >= 0.6 is 27.3 Å². The first-order chi connectivity index (χ1) is 16.8. The van der Waals surface area contributed by atoms with Crippen molar-refractivity contribution in [2.75, 3.05) is 13.2 Å². The molecule has 35 heavy (non-hydrogen) atoms. The zero-order chi connectivity index (χ0) is 25.1. The zero-order valence-electron chi connectivity index (χ0n) is 19.4. The Hall–Kier alpha value is -3.48. The number of benzene rings is 2. The van der Waals surface area contributed by atoms with Gasteiger partial charge in [0, 0.05) is 10.0 Å².